The van der Waals surface area contributed by atoms with Gasteiger partial charge in [0.1, 0.15) is 6.07 Å². The molecule has 0 saturated heterocycles. The van der Waals surface area contributed by atoms with E-state index < -0.39 is 0 Å². The zero-order valence-corrected chi connectivity index (χ0v) is 8.50. The van der Waals surface area contributed by atoms with Crippen molar-refractivity contribution in [1.82, 2.24) is 4.98 Å². The molecule has 1 aromatic heterocycles. The second-order valence-electron chi connectivity index (χ2n) is 3.31. The zero-order chi connectivity index (χ0) is 9.26. The van der Waals surface area contributed by atoms with E-state index in [2.05, 4.69) is 11.1 Å². The molecule has 2 nitrogen and oxygen atoms in total. The summed E-state index contributed by atoms with van der Waals surface area (Å²) in [6.07, 6.45) is 6.69. The van der Waals surface area contributed by atoms with Gasteiger partial charge in [-0.05, 0) is 37.5 Å². The highest BCUT2D eigenvalue weighted by Gasteiger charge is 2.18. The van der Waals surface area contributed by atoms with E-state index in [0.29, 0.717) is 0 Å². The minimum atomic E-state index is 0.891. The summed E-state index contributed by atoms with van der Waals surface area (Å²) in [4.78, 5) is 3.34. The van der Waals surface area contributed by atoms with E-state index in [4.69, 9.17) is 5.26 Å². The van der Waals surface area contributed by atoms with E-state index in [0.717, 1.165) is 23.4 Å². The maximum absolute atomic E-state index is 9.01. The first kappa shape index (κ1) is 8.71. The molecule has 1 aliphatic rings. The van der Waals surface area contributed by atoms with Crippen LogP contribution in [0.15, 0.2) is 5.03 Å². The largest absolute Gasteiger partial charge is 0.352 e. The monoisotopic (exact) mass is 192 g/mol. The first-order valence-corrected chi connectivity index (χ1v) is 5.77. The molecule has 0 bridgehead atoms. The number of aromatic amines is 1. The van der Waals surface area contributed by atoms with Crippen molar-refractivity contribution in [1.29, 1.82) is 5.26 Å². The van der Waals surface area contributed by atoms with E-state index >= 15 is 0 Å². The van der Waals surface area contributed by atoms with E-state index in [1.807, 2.05) is 6.26 Å². The van der Waals surface area contributed by atoms with Gasteiger partial charge in [0.25, 0.3) is 0 Å². The number of aryl methyl sites for hydroxylation is 1. The Balaban J connectivity index is 2.52. The average molecular weight is 192 g/mol. The Hall–Kier alpha value is -0.880. The molecule has 13 heavy (non-hydrogen) atoms. The molecule has 0 amide bonds. The second kappa shape index (κ2) is 3.47. The minimum absolute atomic E-state index is 0.891. The van der Waals surface area contributed by atoms with Gasteiger partial charge in [-0.1, -0.05) is 0 Å². The number of aromatic nitrogens is 1. The molecule has 1 heterocycles. The van der Waals surface area contributed by atoms with E-state index in [1.54, 1.807) is 11.8 Å². The van der Waals surface area contributed by atoms with Crippen molar-refractivity contribution < 1.29 is 0 Å². The van der Waals surface area contributed by atoms with Gasteiger partial charge in [-0.3, -0.25) is 0 Å². The van der Waals surface area contributed by atoms with Gasteiger partial charge in [0.2, 0.25) is 0 Å². The Labute approximate surface area is 82.3 Å². The summed E-state index contributed by atoms with van der Waals surface area (Å²) in [6.45, 7) is 0. The van der Waals surface area contributed by atoms with Gasteiger partial charge in [0, 0.05) is 5.69 Å². The quantitative estimate of drug-likeness (QED) is 0.694. The molecule has 1 aliphatic carbocycles. The lowest BCUT2D eigenvalue weighted by Gasteiger charge is -2.09. The smallest absolute Gasteiger partial charge is 0.102 e. The van der Waals surface area contributed by atoms with Gasteiger partial charge in [0.05, 0.1) is 10.6 Å². The van der Waals surface area contributed by atoms with Gasteiger partial charge >= 0.3 is 0 Å². The number of hydrogen-bond donors (Lipinski definition) is 1. The Bertz CT molecular complexity index is 360. The normalized spacial score (nSPS) is 15.1. The molecule has 0 spiro atoms. The topological polar surface area (TPSA) is 39.6 Å². The molecule has 0 aliphatic heterocycles. The number of nitrogens with zero attached hydrogens (tertiary/aromatic N) is 1. The Morgan fingerprint density at radius 1 is 1.38 bits per heavy atom. The third kappa shape index (κ3) is 1.36. The molecule has 1 N–H and O–H groups in total. The molecular formula is C10H12N2S. The first-order chi connectivity index (χ1) is 6.36. The fourth-order valence-corrected chi connectivity index (χ4v) is 2.53. The molecule has 1 aromatic rings. The summed E-state index contributed by atoms with van der Waals surface area (Å²) >= 11 is 1.64. The van der Waals surface area contributed by atoms with Crippen molar-refractivity contribution in [2.24, 2.45) is 0 Å². The number of fused-ring (bicyclic) bond motifs is 1. The predicted octanol–water partition coefficient (Wildman–Crippen LogP) is 2.49. The summed E-state index contributed by atoms with van der Waals surface area (Å²) in [6, 6.07) is 2.30. The summed E-state index contributed by atoms with van der Waals surface area (Å²) in [5.74, 6) is 0. The third-order valence-corrected chi connectivity index (χ3v) is 3.29. The molecule has 0 radical (unpaired) electrons. The maximum atomic E-state index is 9.01. The SMILES string of the molecule is CSc1[nH]c2c(c1C#N)CCCC2. The fraction of sp³-hybridized carbons (Fsp3) is 0.500. The number of hydrogen-bond acceptors (Lipinski definition) is 2. The first-order valence-electron chi connectivity index (χ1n) is 4.54. The van der Waals surface area contributed by atoms with Crippen LogP contribution in [0.2, 0.25) is 0 Å². The van der Waals surface area contributed by atoms with Gasteiger partial charge in [-0.25, -0.2) is 0 Å². The Kier molecular flexibility index (Phi) is 2.32. The molecule has 68 valence electrons. The van der Waals surface area contributed by atoms with Crippen LogP contribution in [0.1, 0.15) is 29.7 Å². The van der Waals surface area contributed by atoms with Crippen LogP contribution in [0.25, 0.3) is 0 Å². The Morgan fingerprint density at radius 3 is 2.85 bits per heavy atom. The predicted molar refractivity (Wildman–Crippen MR) is 53.9 cm³/mol. The molecule has 2 rings (SSSR count). The molecule has 0 saturated carbocycles. The van der Waals surface area contributed by atoms with E-state index in [1.165, 1.54) is 24.1 Å². The van der Waals surface area contributed by atoms with Crippen molar-refractivity contribution in [2.75, 3.05) is 6.26 Å². The van der Waals surface area contributed by atoms with Crippen LogP contribution in [-0.4, -0.2) is 11.2 Å². The summed E-state index contributed by atoms with van der Waals surface area (Å²) in [5.41, 5.74) is 3.47. The lowest BCUT2D eigenvalue weighted by molar-refractivity contribution is 0.675. The summed E-state index contributed by atoms with van der Waals surface area (Å²) in [7, 11) is 0. The van der Waals surface area contributed by atoms with Crippen molar-refractivity contribution in [3.63, 3.8) is 0 Å². The van der Waals surface area contributed by atoms with Crippen LogP contribution in [0.5, 0.6) is 0 Å². The Morgan fingerprint density at radius 2 is 2.15 bits per heavy atom. The molecular weight excluding hydrogens is 180 g/mol. The molecule has 0 aromatic carbocycles. The van der Waals surface area contributed by atoms with Crippen LogP contribution in [-0.2, 0) is 12.8 Å². The van der Waals surface area contributed by atoms with E-state index in [-0.39, 0.29) is 0 Å². The standard InChI is InChI=1S/C10H12N2S/c1-13-10-8(6-11)7-4-2-3-5-9(7)12-10/h12H,2-5H2,1H3. The highest BCUT2D eigenvalue weighted by Crippen LogP contribution is 2.30. The van der Waals surface area contributed by atoms with Crippen LogP contribution >= 0.6 is 11.8 Å². The third-order valence-electron chi connectivity index (χ3n) is 2.58. The van der Waals surface area contributed by atoms with Crippen molar-refractivity contribution in [3.8, 4) is 6.07 Å². The lowest BCUT2D eigenvalue weighted by atomic mass is 9.95. The molecule has 3 heteroatoms. The minimum Gasteiger partial charge on any atom is -0.352 e. The highest BCUT2D eigenvalue weighted by molar-refractivity contribution is 7.98. The molecule has 0 unspecified atom stereocenters. The summed E-state index contributed by atoms with van der Waals surface area (Å²) in [5, 5.41) is 10.1. The number of rotatable bonds is 1. The number of thioether (sulfide) groups is 1. The van der Waals surface area contributed by atoms with Gasteiger partial charge < -0.3 is 4.98 Å². The maximum Gasteiger partial charge on any atom is 0.102 e. The number of H-pyrrole nitrogens is 1. The fourth-order valence-electron chi connectivity index (χ4n) is 1.93. The van der Waals surface area contributed by atoms with Gasteiger partial charge in [-0.2, -0.15) is 5.26 Å². The molecule has 0 fully saturated rings. The van der Waals surface area contributed by atoms with Crippen molar-refractivity contribution >= 4 is 11.8 Å². The van der Waals surface area contributed by atoms with Gasteiger partial charge in [-0.15, -0.1) is 11.8 Å². The lowest BCUT2D eigenvalue weighted by Crippen LogP contribution is -2.01. The molecule has 0 atom stereocenters. The van der Waals surface area contributed by atoms with Crippen LogP contribution < -0.4 is 0 Å². The van der Waals surface area contributed by atoms with Gasteiger partial charge in [0.15, 0.2) is 0 Å². The highest BCUT2D eigenvalue weighted by atomic mass is 32.2. The zero-order valence-electron chi connectivity index (χ0n) is 7.68. The van der Waals surface area contributed by atoms with E-state index in [9.17, 15) is 0 Å². The summed E-state index contributed by atoms with van der Waals surface area (Å²) < 4.78 is 0. The van der Waals surface area contributed by atoms with Crippen LogP contribution in [0.4, 0.5) is 0 Å². The van der Waals surface area contributed by atoms with Crippen molar-refractivity contribution in [3.05, 3.63) is 16.8 Å². The number of nitriles is 1. The van der Waals surface area contributed by atoms with Crippen LogP contribution in [0, 0.1) is 11.3 Å². The van der Waals surface area contributed by atoms with Crippen LogP contribution in [0.3, 0.4) is 0 Å². The second-order valence-corrected chi connectivity index (χ2v) is 4.13. The van der Waals surface area contributed by atoms with Crippen molar-refractivity contribution in [2.45, 2.75) is 30.7 Å². The number of nitrogens with one attached hydrogen (secondary N) is 1. The average Bonchev–Trinajstić information content (AvgIpc) is 2.55.